The number of carbonyl (C=O) groups excluding carboxylic acids is 1. The molecule has 0 saturated heterocycles. The molecule has 1 aliphatic heterocycles. The van der Waals surface area contributed by atoms with E-state index in [1.54, 1.807) is 19.3 Å². The highest BCUT2D eigenvalue weighted by Gasteiger charge is 2.24. The second-order valence-electron chi connectivity index (χ2n) is 6.12. The van der Waals surface area contributed by atoms with Crippen molar-refractivity contribution >= 4 is 40.5 Å². The van der Waals surface area contributed by atoms with E-state index in [1.165, 1.54) is 24.3 Å². The highest BCUT2D eigenvalue weighted by atomic mass is 127. The van der Waals surface area contributed by atoms with Crippen LogP contribution in [0, 0.1) is 9.39 Å². The van der Waals surface area contributed by atoms with Crippen molar-refractivity contribution in [1.29, 1.82) is 0 Å². The van der Waals surface area contributed by atoms with Gasteiger partial charge in [-0.2, -0.15) is 0 Å². The highest BCUT2D eigenvalue weighted by Crippen LogP contribution is 2.35. The van der Waals surface area contributed by atoms with E-state index < -0.39 is 5.97 Å². The standard InChI is InChI=1S/C21H17FINO4/c1-12(2)11-27-19-16(23)8-13(10-18(19)26-3)9-17-21(25)28-20(24-17)14-4-6-15(22)7-5-14/h4-10H,1,11H2,2-3H3. The van der Waals surface area contributed by atoms with Crippen molar-refractivity contribution in [3.63, 3.8) is 0 Å². The molecule has 0 N–H and O–H groups in total. The van der Waals surface area contributed by atoms with Crippen molar-refractivity contribution in [3.8, 4) is 11.5 Å². The summed E-state index contributed by atoms with van der Waals surface area (Å²) >= 11 is 2.14. The minimum Gasteiger partial charge on any atom is -0.493 e. The van der Waals surface area contributed by atoms with E-state index in [2.05, 4.69) is 34.2 Å². The maximum absolute atomic E-state index is 13.1. The van der Waals surface area contributed by atoms with Crippen LogP contribution in [0.4, 0.5) is 4.39 Å². The number of benzene rings is 2. The first-order valence-corrected chi connectivity index (χ1v) is 9.38. The monoisotopic (exact) mass is 493 g/mol. The minimum absolute atomic E-state index is 0.138. The zero-order valence-corrected chi connectivity index (χ0v) is 17.4. The van der Waals surface area contributed by atoms with Gasteiger partial charge in [0.1, 0.15) is 12.4 Å². The second-order valence-corrected chi connectivity index (χ2v) is 7.29. The average molecular weight is 493 g/mol. The Bertz CT molecular complexity index is 996. The van der Waals surface area contributed by atoms with Crippen molar-refractivity contribution in [2.45, 2.75) is 6.92 Å². The zero-order valence-electron chi connectivity index (χ0n) is 15.3. The molecule has 2 aromatic carbocycles. The Morgan fingerprint density at radius 2 is 2.04 bits per heavy atom. The Labute approximate surface area is 175 Å². The number of cyclic esters (lactones) is 1. The Morgan fingerprint density at radius 3 is 2.68 bits per heavy atom. The lowest BCUT2D eigenvalue weighted by atomic mass is 10.1. The van der Waals surface area contributed by atoms with Crippen LogP contribution in [0.3, 0.4) is 0 Å². The lowest BCUT2D eigenvalue weighted by molar-refractivity contribution is -0.129. The number of carbonyl (C=O) groups is 1. The quantitative estimate of drug-likeness (QED) is 0.253. The third-order valence-electron chi connectivity index (χ3n) is 3.73. The lowest BCUT2D eigenvalue weighted by Gasteiger charge is -2.13. The summed E-state index contributed by atoms with van der Waals surface area (Å²) < 4.78 is 30.3. The van der Waals surface area contributed by atoms with Crippen molar-refractivity contribution in [2.24, 2.45) is 4.99 Å². The van der Waals surface area contributed by atoms with Crippen molar-refractivity contribution in [1.82, 2.24) is 0 Å². The fraction of sp³-hybridized carbons (Fsp3) is 0.143. The molecule has 0 atom stereocenters. The molecule has 0 radical (unpaired) electrons. The SMILES string of the molecule is C=C(C)COc1c(I)cc(C=C2N=C(c3ccc(F)cc3)OC2=O)cc1OC. The molecule has 0 saturated carbocycles. The molecule has 0 fully saturated rings. The third-order valence-corrected chi connectivity index (χ3v) is 4.53. The fourth-order valence-electron chi connectivity index (χ4n) is 2.44. The minimum atomic E-state index is -0.573. The molecule has 3 rings (SSSR count). The highest BCUT2D eigenvalue weighted by molar-refractivity contribution is 14.1. The molecule has 0 bridgehead atoms. The molecule has 0 spiro atoms. The van der Waals surface area contributed by atoms with Crippen LogP contribution in [-0.4, -0.2) is 25.6 Å². The molecule has 1 heterocycles. The van der Waals surface area contributed by atoms with E-state index in [9.17, 15) is 9.18 Å². The van der Waals surface area contributed by atoms with Gasteiger partial charge in [-0.05, 0) is 83.1 Å². The van der Waals surface area contributed by atoms with E-state index >= 15 is 0 Å². The number of esters is 1. The fourth-order valence-corrected chi connectivity index (χ4v) is 3.22. The number of nitrogens with zero attached hydrogens (tertiary/aromatic N) is 1. The van der Waals surface area contributed by atoms with Gasteiger partial charge in [0.2, 0.25) is 5.90 Å². The molecule has 7 heteroatoms. The maximum atomic E-state index is 13.1. The topological polar surface area (TPSA) is 57.1 Å². The predicted molar refractivity (Wildman–Crippen MR) is 113 cm³/mol. The van der Waals surface area contributed by atoms with Gasteiger partial charge in [-0.3, -0.25) is 0 Å². The summed E-state index contributed by atoms with van der Waals surface area (Å²) in [5.74, 6) is 0.335. The van der Waals surface area contributed by atoms with Crippen molar-refractivity contribution in [2.75, 3.05) is 13.7 Å². The Balaban J connectivity index is 1.91. The van der Waals surface area contributed by atoms with Gasteiger partial charge in [-0.25, -0.2) is 14.2 Å². The molecule has 1 aliphatic rings. The molecule has 0 aliphatic carbocycles. The normalized spacial score (nSPS) is 14.6. The lowest BCUT2D eigenvalue weighted by Crippen LogP contribution is -2.05. The number of methoxy groups -OCH3 is 1. The van der Waals surface area contributed by atoms with Gasteiger partial charge in [0.05, 0.1) is 10.7 Å². The van der Waals surface area contributed by atoms with Crippen LogP contribution in [0.2, 0.25) is 0 Å². The summed E-state index contributed by atoms with van der Waals surface area (Å²) in [5, 5.41) is 0. The van der Waals surface area contributed by atoms with E-state index in [-0.39, 0.29) is 17.4 Å². The summed E-state index contributed by atoms with van der Waals surface area (Å²) in [6, 6.07) is 9.17. The number of aliphatic imine (C=N–C) groups is 1. The number of hydrogen-bond donors (Lipinski definition) is 0. The number of halogens is 2. The van der Waals surface area contributed by atoms with Gasteiger partial charge in [-0.1, -0.05) is 6.58 Å². The Kier molecular flexibility index (Phi) is 6.13. The maximum Gasteiger partial charge on any atom is 0.363 e. The zero-order chi connectivity index (χ0) is 20.3. The van der Waals surface area contributed by atoms with Crippen LogP contribution in [0.5, 0.6) is 11.5 Å². The van der Waals surface area contributed by atoms with E-state index in [1.807, 2.05) is 13.0 Å². The first kappa shape index (κ1) is 20.1. The van der Waals surface area contributed by atoms with Crippen LogP contribution < -0.4 is 9.47 Å². The summed E-state index contributed by atoms with van der Waals surface area (Å²) in [6.45, 7) is 6.08. The molecule has 0 amide bonds. The molecule has 5 nitrogen and oxygen atoms in total. The molecule has 2 aromatic rings. The van der Waals surface area contributed by atoms with E-state index in [0.29, 0.717) is 29.2 Å². The van der Waals surface area contributed by atoms with E-state index in [0.717, 1.165) is 9.14 Å². The smallest absolute Gasteiger partial charge is 0.363 e. The largest absolute Gasteiger partial charge is 0.493 e. The molecule has 144 valence electrons. The molecule has 0 unspecified atom stereocenters. The first-order chi connectivity index (χ1) is 13.4. The van der Waals surface area contributed by atoms with Gasteiger partial charge in [0, 0.05) is 5.56 Å². The van der Waals surface area contributed by atoms with Crippen LogP contribution in [0.1, 0.15) is 18.1 Å². The molecular formula is C21H17FINO4. The van der Waals surface area contributed by atoms with E-state index in [4.69, 9.17) is 14.2 Å². The van der Waals surface area contributed by atoms with Crippen LogP contribution in [-0.2, 0) is 9.53 Å². The van der Waals surface area contributed by atoms with Crippen molar-refractivity contribution in [3.05, 3.63) is 74.8 Å². The van der Waals surface area contributed by atoms with Gasteiger partial charge in [-0.15, -0.1) is 0 Å². The van der Waals surface area contributed by atoms with Crippen LogP contribution in [0.25, 0.3) is 6.08 Å². The molecule has 0 aromatic heterocycles. The van der Waals surface area contributed by atoms with Crippen LogP contribution in [0.15, 0.2) is 59.2 Å². The Hall–Kier alpha value is -2.68. The van der Waals surface area contributed by atoms with Gasteiger partial charge in [0.25, 0.3) is 0 Å². The van der Waals surface area contributed by atoms with Gasteiger partial charge >= 0.3 is 5.97 Å². The van der Waals surface area contributed by atoms with Gasteiger partial charge in [0.15, 0.2) is 17.2 Å². The third kappa shape index (κ3) is 4.59. The van der Waals surface area contributed by atoms with Crippen LogP contribution >= 0.6 is 22.6 Å². The second kappa shape index (κ2) is 8.55. The van der Waals surface area contributed by atoms with Gasteiger partial charge < -0.3 is 14.2 Å². The first-order valence-electron chi connectivity index (χ1n) is 8.30. The number of ether oxygens (including phenoxy) is 3. The number of hydrogen-bond acceptors (Lipinski definition) is 5. The summed E-state index contributed by atoms with van der Waals surface area (Å²) in [4.78, 5) is 16.4. The van der Waals surface area contributed by atoms with Crippen molar-refractivity contribution < 1.29 is 23.4 Å². The Morgan fingerprint density at radius 1 is 1.32 bits per heavy atom. The average Bonchev–Trinajstić information content (AvgIpc) is 3.01. The summed E-state index contributed by atoms with van der Waals surface area (Å²) in [6.07, 6.45) is 1.60. The summed E-state index contributed by atoms with van der Waals surface area (Å²) in [7, 11) is 1.55. The molecular weight excluding hydrogens is 476 g/mol. The summed E-state index contributed by atoms with van der Waals surface area (Å²) in [5.41, 5.74) is 2.27. The molecule has 28 heavy (non-hydrogen) atoms. The predicted octanol–water partition coefficient (Wildman–Crippen LogP) is 4.74. The number of rotatable bonds is 6.